The highest BCUT2D eigenvalue weighted by atomic mass is 15.1. The number of hydrogen-bond acceptors (Lipinski definition) is 4. The summed E-state index contributed by atoms with van der Waals surface area (Å²) in [5.41, 5.74) is 9.02. The third-order valence-electron chi connectivity index (χ3n) is 4.24. The summed E-state index contributed by atoms with van der Waals surface area (Å²) in [6.07, 6.45) is 4.50. The predicted molar refractivity (Wildman–Crippen MR) is 89.5 cm³/mol. The van der Waals surface area contributed by atoms with Crippen LogP contribution in [0.1, 0.15) is 19.8 Å². The largest absolute Gasteiger partial charge is 0.397 e. The summed E-state index contributed by atoms with van der Waals surface area (Å²) in [6.45, 7) is 6.93. The first-order valence-corrected chi connectivity index (χ1v) is 7.83. The minimum atomic E-state index is 0.618. The summed E-state index contributed by atoms with van der Waals surface area (Å²) in [5, 5.41) is 4.52. The second-order valence-corrected chi connectivity index (χ2v) is 6.09. The van der Waals surface area contributed by atoms with Crippen LogP contribution >= 0.6 is 0 Å². The van der Waals surface area contributed by atoms with Gasteiger partial charge in [0.05, 0.1) is 16.9 Å². The number of nitrogens with zero attached hydrogens (tertiary/aromatic N) is 2. The second-order valence-electron chi connectivity index (χ2n) is 6.09. The van der Waals surface area contributed by atoms with Gasteiger partial charge in [-0.05, 0) is 56.1 Å². The first kappa shape index (κ1) is 14.1. The van der Waals surface area contributed by atoms with Gasteiger partial charge in [0, 0.05) is 24.7 Å². The number of fused-ring (bicyclic) bond motifs is 1. The molecule has 3 N–H and O–H groups in total. The van der Waals surface area contributed by atoms with Crippen molar-refractivity contribution in [3.8, 4) is 0 Å². The maximum Gasteiger partial charge on any atom is 0.0724 e. The minimum absolute atomic E-state index is 0.618. The number of nitrogens with one attached hydrogen (secondary N) is 1. The van der Waals surface area contributed by atoms with E-state index in [1.54, 1.807) is 6.20 Å². The molecular formula is C17H24N4. The second kappa shape index (κ2) is 6.31. The van der Waals surface area contributed by atoms with Crippen molar-refractivity contribution >= 4 is 22.3 Å². The van der Waals surface area contributed by atoms with Crippen LogP contribution in [0.15, 0.2) is 30.5 Å². The van der Waals surface area contributed by atoms with Crippen LogP contribution in [0.2, 0.25) is 0 Å². The quantitative estimate of drug-likeness (QED) is 0.829. The number of nitrogens with two attached hydrogens (primary N) is 1. The van der Waals surface area contributed by atoms with Gasteiger partial charge in [0.15, 0.2) is 0 Å². The molecule has 1 saturated heterocycles. The van der Waals surface area contributed by atoms with E-state index in [0.29, 0.717) is 5.92 Å². The van der Waals surface area contributed by atoms with Crippen molar-refractivity contribution in [2.45, 2.75) is 19.8 Å². The highest BCUT2D eigenvalue weighted by Crippen LogP contribution is 2.27. The van der Waals surface area contributed by atoms with E-state index in [-0.39, 0.29) is 0 Å². The molecule has 1 unspecified atom stereocenters. The number of hydrogen-bond donors (Lipinski definition) is 2. The summed E-state index contributed by atoms with van der Waals surface area (Å²) in [4.78, 5) is 6.89. The Morgan fingerprint density at radius 1 is 1.29 bits per heavy atom. The SMILES string of the molecule is CC(CNc1ccc2ncccc2c1N)CN1CCCC1. The van der Waals surface area contributed by atoms with Crippen molar-refractivity contribution in [1.29, 1.82) is 0 Å². The molecule has 1 aliphatic heterocycles. The topological polar surface area (TPSA) is 54.2 Å². The van der Waals surface area contributed by atoms with Crippen LogP contribution in [0.4, 0.5) is 11.4 Å². The molecule has 4 heteroatoms. The van der Waals surface area contributed by atoms with E-state index in [0.717, 1.165) is 28.8 Å². The summed E-state index contributed by atoms with van der Waals surface area (Å²) in [5.74, 6) is 0.618. The Bertz CT molecular complexity index is 605. The molecule has 0 radical (unpaired) electrons. The number of benzene rings is 1. The Labute approximate surface area is 126 Å². The molecule has 2 heterocycles. The molecule has 21 heavy (non-hydrogen) atoms. The molecule has 0 saturated carbocycles. The number of aromatic nitrogens is 1. The molecule has 1 fully saturated rings. The fourth-order valence-corrected chi connectivity index (χ4v) is 3.08. The maximum absolute atomic E-state index is 6.26. The van der Waals surface area contributed by atoms with Crippen molar-refractivity contribution in [2.75, 3.05) is 37.2 Å². The van der Waals surface area contributed by atoms with E-state index in [1.165, 1.54) is 32.5 Å². The van der Waals surface area contributed by atoms with Crippen LogP contribution in [0, 0.1) is 5.92 Å². The van der Waals surface area contributed by atoms with Crippen LogP contribution in [-0.2, 0) is 0 Å². The Morgan fingerprint density at radius 2 is 2.10 bits per heavy atom. The van der Waals surface area contributed by atoms with Crippen molar-refractivity contribution in [3.63, 3.8) is 0 Å². The summed E-state index contributed by atoms with van der Waals surface area (Å²) >= 11 is 0. The van der Waals surface area contributed by atoms with Gasteiger partial charge in [0.25, 0.3) is 0 Å². The van der Waals surface area contributed by atoms with Crippen LogP contribution in [0.25, 0.3) is 10.9 Å². The molecule has 1 aliphatic rings. The first-order valence-electron chi connectivity index (χ1n) is 7.83. The van der Waals surface area contributed by atoms with E-state index in [2.05, 4.69) is 22.1 Å². The van der Waals surface area contributed by atoms with E-state index in [9.17, 15) is 0 Å². The molecule has 0 bridgehead atoms. The van der Waals surface area contributed by atoms with Crippen LogP contribution in [0.3, 0.4) is 0 Å². The number of rotatable bonds is 5. The van der Waals surface area contributed by atoms with E-state index in [1.807, 2.05) is 24.3 Å². The Morgan fingerprint density at radius 3 is 2.90 bits per heavy atom. The molecule has 1 aromatic heterocycles. The van der Waals surface area contributed by atoms with Gasteiger partial charge in [0.1, 0.15) is 0 Å². The van der Waals surface area contributed by atoms with Gasteiger partial charge < -0.3 is 16.0 Å². The van der Waals surface area contributed by atoms with Crippen molar-refractivity contribution in [2.24, 2.45) is 5.92 Å². The van der Waals surface area contributed by atoms with Gasteiger partial charge in [-0.15, -0.1) is 0 Å². The van der Waals surface area contributed by atoms with Gasteiger partial charge in [-0.3, -0.25) is 4.98 Å². The monoisotopic (exact) mass is 284 g/mol. The third-order valence-corrected chi connectivity index (χ3v) is 4.24. The normalized spacial score (nSPS) is 17.2. The highest BCUT2D eigenvalue weighted by molar-refractivity contribution is 5.96. The molecule has 112 valence electrons. The summed E-state index contributed by atoms with van der Waals surface area (Å²) in [6, 6.07) is 8.02. The number of nitrogen functional groups attached to an aromatic ring is 1. The average Bonchev–Trinajstić information content (AvgIpc) is 3.00. The Balaban J connectivity index is 1.63. The lowest BCUT2D eigenvalue weighted by molar-refractivity contribution is 0.294. The molecule has 1 aromatic carbocycles. The lowest BCUT2D eigenvalue weighted by Gasteiger charge is -2.21. The van der Waals surface area contributed by atoms with Crippen LogP contribution < -0.4 is 11.1 Å². The third kappa shape index (κ3) is 3.27. The molecule has 4 nitrogen and oxygen atoms in total. The Hall–Kier alpha value is -1.81. The van der Waals surface area contributed by atoms with Crippen molar-refractivity contribution in [3.05, 3.63) is 30.5 Å². The fraction of sp³-hybridized carbons (Fsp3) is 0.471. The van der Waals surface area contributed by atoms with Gasteiger partial charge in [-0.25, -0.2) is 0 Å². The van der Waals surface area contributed by atoms with Crippen molar-refractivity contribution < 1.29 is 0 Å². The number of anilines is 2. The molecule has 1 atom stereocenters. The minimum Gasteiger partial charge on any atom is -0.397 e. The fourth-order valence-electron chi connectivity index (χ4n) is 3.08. The van der Waals surface area contributed by atoms with Crippen molar-refractivity contribution in [1.82, 2.24) is 9.88 Å². The molecule has 2 aromatic rings. The van der Waals surface area contributed by atoms with Gasteiger partial charge in [-0.2, -0.15) is 0 Å². The van der Waals surface area contributed by atoms with Gasteiger partial charge in [-0.1, -0.05) is 6.92 Å². The first-order chi connectivity index (χ1) is 10.2. The number of pyridine rings is 1. The molecular weight excluding hydrogens is 260 g/mol. The molecule has 0 amide bonds. The zero-order valence-electron chi connectivity index (χ0n) is 12.7. The number of likely N-dealkylation sites (tertiary alicyclic amines) is 1. The standard InChI is InChI=1S/C17H24N4/c1-13(12-21-9-2-3-10-21)11-20-16-7-6-15-14(17(16)18)5-4-8-19-15/h4-8,13,20H,2-3,9-12,18H2,1H3. The lowest BCUT2D eigenvalue weighted by Crippen LogP contribution is -2.29. The molecule has 0 spiro atoms. The zero-order valence-corrected chi connectivity index (χ0v) is 12.7. The smallest absolute Gasteiger partial charge is 0.0724 e. The Kier molecular flexibility index (Phi) is 4.25. The lowest BCUT2D eigenvalue weighted by atomic mass is 10.1. The van der Waals surface area contributed by atoms with Crippen LogP contribution in [-0.4, -0.2) is 36.1 Å². The summed E-state index contributed by atoms with van der Waals surface area (Å²) < 4.78 is 0. The van der Waals surface area contributed by atoms with Gasteiger partial charge in [0.2, 0.25) is 0 Å². The summed E-state index contributed by atoms with van der Waals surface area (Å²) in [7, 11) is 0. The van der Waals surface area contributed by atoms with E-state index in [4.69, 9.17) is 5.73 Å². The predicted octanol–water partition coefficient (Wildman–Crippen LogP) is 2.96. The average molecular weight is 284 g/mol. The van der Waals surface area contributed by atoms with Crippen LogP contribution in [0.5, 0.6) is 0 Å². The molecule has 3 rings (SSSR count). The maximum atomic E-state index is 6.26. The highest BCUT2D eigenvalue weighted by Gasteiger charge is 2.14. The molecule has 0 aliphatic carbocycles. The van der Waals surface area contributed by atoms with Gasteiger partial charge >= 0.3 is 0 Å². The van der Waals surface area contributed by atoms with E-state index >= 15 is 0 Å². The van der Waals surface area contributed by atoms with E-state index < -0.39 is 0 Å². The zero-order chi connectivity index (χ0) is 14.7.